The van der Waals surface area contributed by atoms with Crippen LogP contribution in [0.5, 0.6) is 0 Å². The van der Waals surface area contributed by atoms with Crippen LogP contribution in [0.4, 0.5) is 5.69 Å². The molecule has 0 aliphatic rings. The lowest BCUT2D eigenvalue weighted by Crippen LogP contribution is -2.16. The van der Waals surface area contributed by atoms with Crippen molar-refractivity contribution in [2.24, 2.45) is 10.9 Å². The van der Waals surface area contributed by atoms with Crippen molar-refractivity contribution in [2.75, 3.05) is 11.9 Å². The van der Waals surface area contributed by atoms with Gasteiger partial charge in [0.25, 0.3) is 0 Å². The second-order valence-electron chi connectivity index (χ2n) is 4.04. The summed E-state index contributed by atoms with van der Waals surface area (Å²) >= 11 is 0. The first-order valence-corrected chi connectivity index (χ1v) is 5.43. The number of amidine groups is 1. The molecule has 0 heterocycles. The summed E-state index contributed by atoms with van der Waals surface area (Å²) in [5.74, 6) is 0.789. The average Bonchev–Trinajstić information content (AvgIpc) is 2.29. The molecule has 0 saturated carbocycles. The molecule has 1 aromatic carbocycles. The molecule has 0 fully saturated rings. The second-order valence-corrected chi connectivity index (χ2v) is 4.04. The normalized spacial score (nSPS) is 11.8. The molecule has 0 amide bonds. The molecule has 1 aromatic rings. The smallest absolute Gasteiger partial charge is 0.140 e. The van der Waals surface area contributed by atoms with E-state index in [1.165, 1.54) is 5.56 Å². The molecule has 4 heteroatoms. The van der Waals surface area contributed by atoms with Crippen LogP contribution in [0.15, 0.2) is 29.4 Å². The highest BCUT2D eigenvalue weighted by atomic mass is 16.4. The van der Waals surface area contributed by atoms with Crippen LogP contribution in [0.3, 0.4) is 0 Å². The SMILES string of the molecule is CC(C)c1ccc(NCCC(N)=NO)cc1. The van der Waals surface area contributed by atoms with Gasteiger partial charge in [0, 0.05) is 18.7 Å². The molecule has 4 nitrogen and oxygen atoms in total. The van der Waals surface area contributed by atoms with E-state index in [2.05, 4.69) is 36.5 Å². The quantitative estimate of drug-likeness (QED) is 0.309. The van der Waals surface area contributed by atoms with E-state index in [1.54, 1.807) is 0 Å². The molecule has 0 aliphatic heterocycles. The summed E-state index contributed by atoms with van der Waals surface area (Å²) in [5.41, 5.74) is 7.73. The monoisotopic (exact) mass is 221 g/mol. The molecule has 0 aliphatic carbocycles. The molecule has 0 unspecified atom stereocenters. The minimum absolute atomic E-state index is 0.242. The van der Waals surface area contributed by atoms with Crippen molar-refractivity contribution in [3.63, 3.8) is 0 Å². The molecule has 0 radical (unpaired) electrons. The van der Waals surface area contributed by atoms with E-state index in [1.807, 2.05) is 12.1 Å². The van der Waals surface area contributed by atoms with Gasteiger partial charge in [-0.1, -0.05) is 31.1 Å². The Morgan fingerprint density at radius 2 is 2.00 bits per heavy atom. The molecule has 88 valence electrons. The Morgan fingerprint density at radius 3 is 2.50 bits per heavy atom. The van der Waals surface area contributed by atoms with E-state index in [0.29, 0.717) is 18.9 Å². The Morgan fingerprint density at radius 1 is 1.38 bits per heavy atom. The van der Waals surface area contributed by atoms with Gasteiger partial charge in [-0.05, 0) is 23.6 Å². The van der Waals surface area contributed by atoms with Gasteiger partial charge in [0.1, 0.15) is 5.84 Å². The Hall–Kier alpha value is -1.71. The van der Waals surface area contributed by atoms with Crippen LogP contribution in [0.1, 0.15) is 31.7 Å². The maximum absolute atomic E-state index is 8.36. The zero-order chi connectivity index (χ0) is 12.0. The van der Waals surface area contributed by atoms with Crippen molar-refractivity contribution >= 4 is 11.5 Å². The summed E-state index contributed by atoms with van der Waals surface area (Å²) in [5, 5.41) is 14.5. The van der Waals surface area contributed by atoms with Gasteiger partial charge >= 0.3 is 0 Å². The largest absolute Gasteiger partial charge is 0.409 e. The molecular formula is C12H19N3O. The maximum Gasteiger partial charge on any atom is 0.140 e. The van der Waals surface area contributed by atoms with Gasteiger partial charge in [0.05, 0.1) is 0 Å². The fourth-order valence-corrected chi connectivity index (χ4v) is 1.37. The molecule has 16 heavy (non-hydrogen) atoms. The average molecular weight is 221 g/mol. The lowest BCUT2D eigenvalue weighted by molar-refractivity contribution is 0.317. The first-order chi connectivity index (χ1) is 7.63. The number of benzene rings is 1. The van der Waals surface area contributed by atoms with E-state index in [-0.39, 0.29) is 5.84 Å². The van der Waals surface area contributed by atoms with Gasteiger partial charge in [-0.2, -0.15) is 0 Å². The van der Waals surface area contributed by atoms with Crippen LogP contribution < -0.4 is 11.1 Å². The van der Waals surface area contributed by atoms with Crippen molar-refractivity contribution in [3.05, 3.63) is 29.8 Å². The first kappa shape index (κ1) is 12.4. The Bertz CT molecular complexity index is 344. The van der Waals surface area contributed by atoms with Crippen molar-refractivity contribution in [1.29, 1.82) is 0 Å². The number of hydrogen-bond donors (Lipinski definition) is 3. The highest BCUT2D eigenvalue weighted by Gasteiger charge is 1.98. The zero-order valence-electron chi connectivity index (χ0n) is 9.77. The van der Waals surface area contributed by atoms with Crippen LogP contribution in [-0.2, 0) is 0 Å². The van der Waals surface area contributed by atoms with Crippen molar-refractivity contribution in [3.8, 4) is 0 Å². The third-order valence-corrected chi connectivity index (χ3v) is 2.42. The third kappa shape index (κ3) is 3.81. The number of anilines is 1. The number of nitrogens with one attached hydrogen (secondary N) is 1. The molecule has 0 bridgehead atoms. The fraction of sp³-hybridized carbons (Fsp3) is 0.417. The molecule has 0 saturated heterocycles. The predicted molar refractivity (Wildman–Crippen MR) is 67.0 cm³/mol. The Kier molecular flexibility index (Phi) is 4.64. The molecule has 4 N–H and O–H groups in total. The summed E-state index contributed by atoms with van der Waals surface area (Å²) in [6.45, 7) is 5.00. The fourth-order valence-electron chi connectivity index (χ4n) is 1.37. The lowest BCUT2D eigenvalue weighted by Gasteiger charge is -2.08. The van der Waals surface area contributed by atoms with Gasteiger partial charge in [-0.15, -0.1) is 0 Å². The predicted octanol–water partition coefficient (Wildman–Crippen LogP) is 2.36. The van der Waals surface area contributed by atoms with E-state index in [9.17, 15) is 0 Å². The number of hydrogen-bond acceptors (Lipinski definition) is 3. The lowest BCUT2D eigenvalue weighted by atomic mass is 10.0. The van der Waals surface area contributed by atoms with Gasteiger partial charge in [-0.3, -0.25) is 0 Å². The van der Waals surface area contributed by atoms with E-state index < -0.39 is 0 Å². The van der Waals surface area contributed by atoms with E-state index >= 15 is 0 Å². The van der Waals surface area contributed by atoms with Crippen molar-refractivity contribution in [2.45, 2.75) is 26.2 Å². The first-order valence-electron chi connectivity index (χ1n) is 5.43. The molecule has 1 rings (SSSR count). The highest BCUT2D eigenvalue weighted by molar-refractivity contribution is 5.80. The minimum atomic E-state index is 0.242. The number of oxime groups is 1. The van der Waals surface area contributed by atoms with Crippen molar-refractivity contribution < 1.29 is 5.21 Å². The summed E-state index contributed by atoms with van der Waals surface area (Å²) in [6.07, 6.45) is 0.530. The molecular weight excluding hydrogens is 202 g/mol. The van der Waals surface area contributed by atoms with E-state index in [0.717, 1.165) is 5.69 Å². The number of nitrogens with two attached hydrogens (primary N) is 1. The van der Waals surface area contributed by atoms with Crippen LogP contribution in [-0.4, -0.2) is 17.6 Å². The Balaban J connectivity index is 2.43. The van der Waals surface area contributed by atoms with Crippen LogP contribution in [0.2, 0.25) is 0 Å². The maximum atomic E-state index is 8.36. The summed E-state index contributed by atoms with van der Waals surface area (Å²) in [6, 6.07) is 8.30. The van der Waals surface area contributed by atoms with Crippen LogP contribution in [0.25, 0.3) is 0 Å². The van der Waals surface area contributed by atoms with Gasteiger partial charge in [-0.25, -0.2) is 0 Å². The van der Waals surface area contributed by atoms with Gasteiger partial charge in [0.2, 0.25) is 0 Å². The number of rotatable bonds is 5. The number of nitrogens with zero attached hydrogens (tertiary/aromatic N) is 1. The standard InChI is InChI=1S/C12H19N3O/c1-9(2)10-3-5-11(6-4-10)14-8-7-12(13)15-16/h3-6,9,14,16H,7-8H2,1-2H3,(H2,13,15). The zero-order valence-corrected chi connectivity index (χ0v) is 9.77. The molecule has 0 spiro atoms. The van der Waals surface area contributed by atoms with Crippen LogP contribution >= 0.6 is 0 Å². The molecule has 0 atom stereocenters. The van der Waals surface area contributed by atoms with Gasteiger partial charge < -0.3 is 16.3 Å². The topological polar surface area (TPSA) is 70.6 Å². The summed E-state index contributed by atoms with van der Waals surface area (Å²) in [4.78, 5) is 0. The van der Waals surface area contributed by atoms with Crippen molar-refractivity contribution in [1.82, 2.24) is 0 Å². The molecule has 0 aromatic heterocycles. The highest BCUT2D eigenvalue weighted by Crippen LogP contribution is 2.16. The minimum Gasteiger partial charge on any atom is -0.409 e. The summed E-state index contributed by atoms with van der Waals surface area (Å²) in [7, 11) is 0. The second kappa shape index (κ2) is 6.00. The van der Waals surface area contributed by atoms with Gasteiger partial charge in [0.15, 0.2) is 0 Å². The van der Waals surface area contributed by atoms with E-state index in [4.69, 9.17) is 10.9 Å². The Labute approximate surface area is 96.2 Å². The third-order valence-electron chi connectivity index (χ3n) is 2.42. The summed E-state index contributed by atoms with van der Waals surface area (Å²) < 4.78 is 0. The van der Waals surface area contributed by atoms with Crippen LogP contribution in [0, 0.1) is 0 Å².